The molecule has 142 valence electrons. The first-order valence-electron chi connectivity index (χ1n) is 7.93. The summed E-state index contributed by atoms with van der Waals surface area (Å²) in [6, 6.07) is 4.18. The van der Waals surface area contributed by atoms with Crippen LogP contribution >= 0.6 is 11.6 Å². The van der Waals surface area contributed by atoms with Gasteiger partial charge in [-0.05, 0) is 18.2 Å². The third kappa shape index (κ3) is 3.79. The Morgan fingerprint density at radius 3 is 2.85 bits per heavy atom. The van der Waals surface area contributed by atoms with E-state index in [9.17, 15) is 14.0 Å². The van der Waals surface area contributed by atoms with E-state index >= 15 is 0 Å². The maximum absolute atomic E-state index is 14.5. The molecule has 0 fully saturated rings. The van der Waals surface area contributed by atoms with E-state index in [-0.39, 0.29) is 42.3 Å². The molecule has 2 aromatic rings. The quantitative estimate of drug-likeness (QED) is 0.718. The number of nitrogens with zero attached hydrogens (tertiary/aromatic N) is 3. The SMILES string of the molecule is COC(=O)C1=C(Nc2ccc(-n3cc(Cl)cn3)c(F)c2)C(=O)N(CCO)C1. The Bertz CT molecular complexity index is 927. The summed E-state index contributed by atoms with van der Waals surface area (Å²) in [6.07, 6.45) is 2.84. The maximum atomic E-state index is 14.5. The smallest absolute Gasteiger partial charge is 0.337 e. The van der Waals surface area contributed by atoms with Gasteiger partial charge in [-0.3, -0.25) is 4.79 Å². The first-order valence-corrected chi connectivity index (χ1v) is 8.31. The largest absolute Gasteiger partial charge is 0.466 e. The molecular weight excluding hydrogens is 379 g/mol. The molecule has 0 unspecified atom stereocenters. The van der Waals surface area contributed by atoms with Crippen molar-refractivity contribution in [1.29, 1.82) is 0 Å². The minimum atomic E-state index is -0.672. The van der Waals surface area contributed by atoms with E-state index in [1.807, 2.05) is 0 Å². The van der Waals surface area contributed by atoms with Crippen LogP contribution in [0, 0.1) is 5.82 Å². The number of aliphatic hydroxyl groups excluding tert-OH is 1. The molecule has 0 spiro atoms. The van der Waals surface area contributed by atoms with Crippen molar-refractivity contribution in [3.8, 4) is 5.69 Å². The van der Waals surface area contributed by atoms with E-state index in [1.165, 1.54) is 47.3 Å². The lowest BCUT2D eigenvalue weighted by Gasteiger charge is -2.15. The van der Waals surface area contributed by atoms with Crippen LogP contribution in [0.5, 0.6) is 0 Å². The first-order chi connectivity index (χ1) is 12.9. The molecule has 0 aliphatic carbocycles. The number of hydrogen-bond acceptors (Lipinski definition) is 6. The number of nitrogens with one attached hydrogen (secondary N) is 1. The highest BCUT2D eigenvalue weighted by molar-refractivity contribution is 6.30. The number of β-amino-alcohol motifs (C(OH)–C–C–N with tert-alkyl or cyclic N) is 1. The second-order valence-electron chi connectivity index (χ2n) is 5.69. The lowest BCUT2D eigenvalue weighted by Crippen LogP contribution is -2.31. The lowest BCUT2D eigenvalue weighted by molar-refractivity contribution is -0.136. The van der Waals surface area contributed by atoms with Gasteiger partial charge < -0.3 is 20.1 Å². The monoisotopic (exact) mass is 394 g/mol. The van der Waals surface area contributed by atoms with E-state index in [0.29, 0.717) is 5.02 Å². The zero-order chi connectivity index (χ0) is 19.6. The molecule has 3 rings (SSSR count). The number of aromatic nitrogens is 2. The Labute approximate surface area is 158 Å². The number of benzene rings is 1. The van der Waals surface area contributed by atoms with Crippen molar-refractivity contribution < 1.29 is 23.8 Å². The molecule has 8 nitrogen and oxygen atoms in total. The number of rotatable bonds is 6. The van der Waals surface area contributed by atoms with Crippen molar-refractivity contribution in [2.45, 2.75) is 0 Å². The first kappa shape index (κ1) is 18.9. The Kier molecular flexibility index (Phi) is 5.43. The van der Waals surface area contributed by atoms with Crippen LogP contribution in [-0.2, 0) is 14.3 Å². The summed E-state index contributed by atoms with van der Waals surface area (Å²) in [6.45, 7) is -0.179. The average Bonchev–Trinajstić information content (AvgIpc) is 3.20. The zero-order valence-electron chi connectivity index (χ0n) is 14.3. The average molecular weight is 395 g/mol. The van der Waals surface area contributed by atoms with Gasteiger partial charge in [-0.25, -0.2) is 13.9 Å². The lowest BCUT2D eigenvalue weighted by atomic mass is 10.2. The molecule has 1 aromatic carbocycles. The Morgan fingerprint density at radius 1 is 1.48 bits per heavy atom. The van der Waals surface area contributed by atoms with Gasteiger partial charge in [-0.15, -0.1) is 0 Å². The summed E-state index contributed by atoms with van der Waals surface area (Å²) >= 11 is 5.79. The van der Waals surface area contributed by atoms with Gasteiger partial charge in [-0.1, -0.05) is 11.6 Å². The fourth-order valence-electron chi connectivity index (χ4n) is 2.70. The summed E-state index contributed by atoms with van der Waals surface area (Å²) < 4.78 is 20.4. The fraction of sp³-hybridized carbons (Fsp3) is 0.235. The predicted molar refractivity (Wildman–Crippen MR) is 94.9 cm³/mol. The molecular formula is C17H16ClFN4O4. The second kappa shape index (κ2) is 7.77. The number of carbonyl (C=O) groups excluding carboxylic acids is 2. The van der Waals surface area contributed by atoms with Gasteiger partial charge in [-0.2, -0.15) is 5.10 Å². The molecule has 0 atom stereocenters. The highest BCUT2D eigenvalue weighted by atomic mass is 35.5. The van der Waals surface area contributed by atoms with Crippen molar-refractivity contribution in [2.24, 2.45) is 0 Å². The number of amides is 1. The normalized spacial score (nSPS) is 14.1. The molecule has 1 aliphatic rings. The Morgan fingerprint density at radius 2 is 2.26 bits per heavy atom. The van der Waals surface area contributed by atoms with Crippen LogP contribution in [0.1, 0.15) is 0 Å². The second-order valence-corrected chi connectivity index (χ2v) is 6.13. The number of anilines is 1. The number of methoxy groups -OCH3 is 1. The molecule has 0 radical (unpaired) electrons. The van der Waals surface area contributed by atoms with E-state index in [2.05, 4.69) is 10.4 Å². The number of halogens is 2. The van der Waals surface area contributed by atoms with Crippen LogP contribution in [0.25, 0.3) is 5.69 Å². The fourth-order valence-corrected chi connectivity index (χ4v) is 2.83. The van der Waals surface area contributed by atoms with Crippen LogP contribution in [-0.4, -0.2) is 58.5 Å². The van der Waals surface area contributed by atoms with Crippen LogP contribution < -0.4 is 5.32 Å². The van der Waals surface area contributed by atoms with E-state index in [1.54, 1.807) is 0 Å². The van der Waals surface area contributed by atoms with Gasteiger partial charge in [0.15, 0.2) is 5.82 Å². The Hall–Kier alpha value is -2.91. The van der Waals surface area contributed by atoms with E-state index in [0.717, 1.165) is 0 Å². The summed E-state index contributed by atoms with van der Waals surface area (Å²) in [4.78, 5) is 25.7. The van der Waals surface area contributed by atoms with Gasteiger partial charge in [0.1, 0.15) is 11.4 Å². The van der Waals surface area contributed by atoms with Crippen molar-refractivity contribution in [1.82, 2.24) is 14.7 Å². The van der Waals surface area contributed by atoms with Gasteiger partial charge in [0, 0.05) is 18.4 Å². The molecule has 1 aliphatic heterocycles. The zero-order valence-corrected chi connectivity index (χ0v) is 15.0. The van der Waals surface area contributed by atoms with Crippen LogP contribution in [0.4, 0.5) is 10.1 Å². The molecule has 1 aromatic heterocycles. The molecule has 1 amide bonds. The molecule has 0 saturated heterocycles. The molecule has 0 bridgehead atoms. The third-order valence-corrected chi connectivity index (χ3v) is 4.16. The number of esters is 1. The minimum absolute atomic E-state index is 0.000746. The van der Waals surface area contributed by atoms with Crippen LogP contribution in [0.15, 0.2) is 41.9 Å². The van der Waals surface area contributed by atoms with Gasteiger partial charge in [0.25, 0.3) is 5.91 Å². The number of ether oxygens (including phenoxy) is 1. The van der Waals surface area contributed by atoms with E-state index in [4.69, 9.17) is 21.4 Å². The van der Waals surface area contributed by atoms with Gasteiger partial charge in [0.2, 0.25) is 0 Å². The molecule has 10 heteroatoms. The number of aliphatic hydroxyl groups is 1. The summed E-state index contributed by atoms with van der Waals surface area (Å²) in [5.41, 5.74) is 0.545. The summed E-state index contributed by atoms with van der Waals surface area (Å²) in [5, 5.41) is 16.1. The predicted octanol–water partition coefficient (Wildman–Crippen LogP) is 1.34. The maximum Gasteiger partial charge on any atom is 0.337 e. The standard InChI is InChI=1S/C17H16ClFN4O4/c1-27-17(26)12-9-22(4-5-24)16(25)15(12)21-11-2-3-14(13(19)6-11)23-8-10(18)7-20-23/h2-3,6-8,21,24H,4-5,9H2,1H3. The van der Waals surface area contributed by atoms with Crippen LogP contribution in [0.2, 0.25) is 5.02 Å². The molecule has 2 N–H and O–H groups in total. The molecule has 2 heterocycles. The Balaban J connectivity index is 1.89. The van der Waals surface area contributed by atoms with E-state index < -0.39 is 17.7 Å². The number of hydrogen-bond donors (Lipinski definition) is 2. The highest BCUT2D eigenvalue weighted by Gasteiger charge is 2.34. The van der Waals surface area contributed by atoms with Crippen molar-refractivity contribution in [3.63, 3.8) is 0 Å². The summed E-state index contributed by atoms with van der Waals surface area (Å²) in [7, 11) is 1.20. The molecule has 0 saturated carbocycles. The number of carbonyl (C=O) groups is 2. The van der Waals surface area contributed by atoms with Gasteiger partial charge in [0.05, 0.1) is 37.1 Å². The van der Waals surface area contributed by atoms with Crippen molar-refractivity contribution >= 4 is 29.2 Å². The highest BCUT2D eigenvalue weighted by Crippen LogP contribution is 2.25. The minimum Gasteiger partial charge on any atom is -0.466 e. The van der Waals surface area contributed by atoms with Crippen molar-refractivity contribution in [2.75, 3.05) is 32.1 Å². The summed E-state index contributed by atoms with van der Waals surface area (Å²) in [5.74, 6) is -1.75. The third-order valence-electron chi connectivity index (χ3n) is 3.97. The van der Waals surface area contributed by atoms with Crippen molar-refractivity contribution in [3.05, 3.63) is 52.7 Å². The van der Waals surface area contributed by atoms with Crippen LogP contribution in [0.3, 0.4) is 0 Å². The topological polar surface area (TPSA) is 96.7 Å². The van der Waals surface area contributed by atoms with Gasteiger partial charge >= 0.3 is 5.97 Å². The molecule has 27 heavy (non-hydrogen) atoms.